The quantitative estimate of drug-likeness (QED) is 0.245. The predicted octanol–water partition coefficient (Wildman–Crippen LogP) is 8.19. The molecule has 2 fully saturated rings. The number of hydrogen-bond acceptors (Lipinski definition) is 2. The van der Waals surface area contributed by atoms with Crippen LogP contribution in [0.3, 0.4) is 0 Å². The summed E-state index contributed by atoms with van der Waals surface area (Å²) in [6, 6.07) is 3.50. The van der Waals surface area contributed by atoms with E-state index in [1.807, 2.05) is 6.08 Å². The first-order chi connectivity index (χ1) is 16.3. The van der Waals surface area contributed by atoms with Gasteiger partial charge in [-0.1, -0.05) is 37.4 Å². The monoisotopic (exact) mass is 474 g/mol. The lowest BCUT2D eigenvalue weighted by molar-refractivity contribution is 0.122. The summed E-state index contributed by atoms with van der Waals surface area (Å²) in [6.07, 6.45) is 10.3. The summed E-state index contributed by atoms with van der Waals surface area (Å²) in [4.78, 5) is 0. The number of halogens is 3. The van der Waals surface area contributed by atoms with Crippen molar-refractivity contribution in [1.82, 2.24) is 0 Å². The third kappa shape index (κ3) is 7.23. The first-order valence-electron chi connectivity index (χ1n) is 11.9. The minimum absolute atomic E-state index is 0.0127. The van der Waals surface area contributed by atoms with Crippen molar-refractivity contribution in [2.45, 2.75) is 69.3 Å². The molecular weight excluding hydrogens is 437 g/mol. The van der Waals surface area contributed by atoms with E-state index in [1.165, 1.54) is 13.2 Å². The van der Waals surface area contributed by atoms with Crippen molar-refractivity contribution in [2.75, 3.05) is 7.11 Å². The molecule has 0 atom stereocenters. The minimum atomic E-state index is -0.720. The largest absolute Gasteiger partial charge is 0.497 e. The Morgan fingerprint density at radius 1 is 0.912 bits per heavy atom. The summed E-state index contributed by atoms with van der Waals surface area (Å²) in [5.74, 6) is -1.49. The predicted molar refractivity (Wildman–Crippen MR) is 133 cm³/mol. The van der Waals surface area contributed by atoms with Crippen LogP contribution >= 0.6 is 0 Å². The zero-order chi connectivity index (χ0) is 25.3. The Morgan fingerprint density at radius 2 is 1.38 bits per heavy atom. The number of methoxy groups -OCH3 is 1. The molecule has 0 aromatic heterocycles. The SMILES string of the molecule is C=C.C=C(/C=C(/F)C(=C)/C=C/C1CCC(c2ccc(C3CCC(O)CC3)c(F)c2F)CC1)OC. The van der Waals surface area contributed by atoms with E-state index in [4.69, 9.17) is 4.74 Å². The van der Waals surface area contributed by atoms with Gasteiger partial charge in [0.15, 0.2) is 11.6 Å². The fourth-order valence-corrected chi connectivity index (χ4v) is 4.84. The summed E-state index contributed by atoms with van der Waals surface area (Å²) in [6.45, 7) is 13.3. The molecule has 2 nitrogen and oxygen atoms in total. The standard InChI is InChI=1S/C27H33F3O2.C2H4/c1-17(25(28)16-18(2)32-3)4-5-19-6-8-20(9-7-19)23-14-15-24(27(30)26(23)29)21-10-12-22(31)13-11-21;1-2/h4-5,14-16,19-22,31H,1-2,6-13H2,3H3;1-2H2/b5-4+,25-16+;. The van der Waals surface area contributed by atoms with Crippen LogP contribution in [0.15, 0.2) is 73.8 Å². The Morgan fingerprint density at radius 3 is 1.85 bits per heavy atom. The second kappa shape index (κ2) is 13.4. The molecule has 0 unspecified atom stereocenters. The van der Waals surface area contributed by atoms with Gasteiger partial charge < -0.3 is 9.84 Å². The van der Waals surface area contributed by atoms with Gasteiger partial charge in [-0.25, -0.2) is 13.2 Å². The first-order valence-corrected chi connectivity index (χ1v) is 11.9. The van der Waals surface area contributed by atoms with Crippen molar-refractivity contribution < 1.29 is 23.0 Å². The molecule has 0 radical (unpaired) electrons. The molecule has 186 valence electrons. The van der Waals surface area contributed by atoms with Crippen molar-refractivity contribution in [3.05, 3.63) is 96.6 Å². The van der Waals surface area contributed by atoms with E-state index in [-0.39, 0.29) is 35.2 Å². The molecule has 0 saturated heterocycles. The molecule has 0 aliphatic heterocycles. The van der Waals surface area contributed by atoms with Gasteiger partial charge in [-0.3, -0.25) is 0 Å². The molecule has 3 rings (SSSR count). The zero-order valence-electron chi connectivity index (χ0n) is 20.2. The van der Waals surface area contributed by atoms with Crippen LogP contribution in [0, 0.1) is 17.6 Å². The highest BCUT2D eigenvalue weighted by Gasteiger charge is 2.29. The molecule has 34 heavy (non-hydrogen) atoms. The Balaban J connectivity index is 0.00000199. The average Bonchev–Trinajstić information content (AvgIpc) is 2.86. The maximum atomic E-state index is 14.9. The van der Waals surface area contributed by atoms with Gasteiger partial charge in [0, 0.05) is 11.6 Å². The number of hydrogen-bond donors (Lipinski definition) is 1. The second-order valence-corrected chi connectivity index (χ2v) is 9.04. The lowest BCUT2D eigenvalue weighted by Gasteiger charge is -2.29. The van der Waals surface area contributed by atoms with Gasteiger partial charge in [-0.05, 0) is 80.2 Å². The molecular formula is C29H37F3O2. The van der Waals surface area contributed by atoms with E-state index in [2.05, 4.69) is 26.3 Å². The van der Waals surface area contributed by atoms with Crippen molar-refractivity contribution >= 4 is 0 Å². The van der Waals surface area contributed by atoms with Crippen molar-refractivity contribution in [1.29, 1.82) is 0 Å². The number of ether oxygens (including phenoxy) is 1. The molecule has 2 aliphatic carbocycles. The van der Waals surface area contributed by atoms with Gasteiger partial charge in [0.25, 0.3) is 0 Å². The van der Waals surface area contributed by atoms with Crippen LogP contribution in [0.2, 0.25) is 0 Å². The average molecular weight is 475 g/mol. The maximum absolute atomic E-state index is 14.9. The van der Waals surface area contributed by atoms with E-state index in [0.29, 0.717) is 36.8 Å². The Bertz CT molecular complexity index is 902. The van der Waals surface area contributed by atoms with Crippen molar-refractivity contribution in [3.8, 4) is 0 Å². The number of allylic oxidation sites excluding steroid dienone is 5. The molecule has 0 bridgehead atoms. The number of benzene rings is 1. The fraction of sp³-hybridized carbons (Fsp3) is 0.448. The molecule has 1 N–H and O–H groups in total. The minimum Gasteiger partial charge on any atom is -0.497 e. The summed E-state index contributed by atoms with van der Waals surface area (Å²) >= 11 is 0. The van der Waals surface area contributed by atoms with Gasteiger partial charge in [0.05, 0.1) is 13.2 Å². The number of rotatable bonds is 7. The third-order valence-corrected chi connectivity index (χ3v) is 6.92. The number of aliphatic hydroxyl groups is 1. The summed E-state index contributed by atoms with van der Waals surface area (Å²) < 4.78 is 48.7. The van der Waals surface area contributed by atoms with Crippen molar-refractivity contribution in [2.24, 2.45) is 5.92 Å². The summed E-state index contributed by atoms with van der Waals surface area (Å²) in [5.41, 5.74) is 1.16. The maximum Gasteiger partial charge on any atom is 0.162 e. The molecule has 1 aromatic carbocycles. The van der Waals surface area contributed by atoms with Crippen LogP contribution in [-0.2, 0) is 4.74 Å². The zero-order valence-corrected chi connectivity index (χ0v) is 20.2. The van der Waals surface area contributed by atoms with E-state index in [0.717, 1.165) is 25.7 Å². The smallest absolute Gasteiger partial charge is 0.162 e. The lowest BCUT2D eigenvalue weighted by atomic mass is 9.77. The van der Waals surface area contributed by atoms with E-state index < -0.39 is 17.5 Å². The molecule has 1 aromatic rings. The van der Waals surface area contributed by atoms with Crippen molar-refractivity contribution in [3.63, 3.8) is 0 Å². The topological polar surface area (TPSA) is 29.5 Å². The van der Waals surface area contributed by atoms with Crippen LogP contribution in [-0.4, -0.2) is 18.3 Å². The van der Waals surface area contributed by atoms with Crippen LogP contribution in [0.5, 0.6) is 0 Å². The van der Waals surface area contributed by atoms with E-state index in [9.17, 15) is 18.3 Å². The molecule has 5 heteroatoms. The van der Waals surface area contributed by atoms with Gasteiger partial charge in [0.1, 0.15) is 11.6 Å². The normalized spacial score (nSPS) is 25.4. The Hall–Kier alpha value is -2.53. The fourth-order valence-electron chi connectivity index (χ4n) is 4.84. The van der Waals surface area contributed by atoms with Crippen LogP contribution in [0.1, 0.15) is 74.3 Å². The summed E-state index contributed by atoms with van der Waals surface area (Å²) in [5, 5.41) is 9.67. The molecule has 2 aliphatic rings. The highest BCUT2D eigenvalue weighted by atomic mass is 19.2. The van der Waals surface area contributed by atoms with Crippen LogP contribution in [0.25, 0.3) is 0 Å². The molecule has 2 saturated carbocycles. The van der Waals surface area contributed by atoms with Crippen LogP contribution in [0.4, 0.5) is 13.2 Å². The highest BCUT2D eigenvalue weighted by Crippen LogP contribution is 2.41. The molecule has 0 heterocycles. The van der Waals surface area contributed by atoms with E-state index >= 15 is 0 Å². The molecule has 0 amide bonds. The molecule has 0 spiro atoms. The van der Waals surface area contributed by atoms with Crippen LogP contribution < -0.4 is 0 Å². The first kappa shape index (κ1) is 27.7. The van der Waals surface area contributed by atoms with Gasteiger partial charge in [-0.2, -0.15) is 0 Å². The van der Waals surface area contributed by atoms with Gasteiger partial charge >= 0.3 is 0 Å². The Kier molecular flexibility index (Phi) is 10.9. The number of aliphatic hydroxyl groups excluding tert-OH is 1. The van der Waals surface area contributed by atoms with E-state index in [1.54, 1.807) is 18.2 Å². The third-order valence-electron chi connectivity index (χ3n) is 6.92. The second-order valence-electron chi connectivity index (χ2n) is 9.04. The summed E-state index contributed by atoms with van der Waals surface area (Å²) in [7, 11) is 1.42. The van der Waals surface area contributed by atoms with Gasteiger partial charge in [-0.15, -0.1) is 13.2 Å². The Labute approximate surface area is 202 Å². The lowest BCUT2D eigenvalue weighted by Crippen LogP contribution is -2.19. The highest BCUT2D eigenvalue weighted by molar-refractivity contribution is 5.36. The van der Waals surface area contributed by atoms with Gasteiger partial charge in [0.2, 0.25) is 0 Å².